The van der Waals surface area contributed by atoms with E-state index in [1.54, 1.807) is 20.8 Å². The van der Waals surface area contributed by atoms with Crippen molar-refractivity contribution in [1.29, 1.82) is 0 Å². The molecule has 0 amide bonds. The molecule has 0 aromatic heterocycles. The lowest BCUT2D eigenvalue weighted by molar-refractivity contribution is -0.974. The van der Waals surface area contributed by atoms with E-state index in [4.69, 9.17) is 0 Å². The first-order valence-corrected chi connectivity index (χ1v) is 16.9. The van der Waals surface area contributed by atoms with Crippen LogP contribution in [-0.2, 0) is 14.4 Å². The Bertz CT molecular complexity index is 667. The van der Waals surface area contributed by atoms with Gasteiger partial charge in [0.15, 0.2) is 12.1 Å². The largest absolute Gasteiger partial charge is 0.544 e. The van der Waals surface area contributed by atoms with E-state index in [9.17, 15) is 29.7 Å². The minimum absolute atomic E-state index is 0.132. The summed E-state index contributed by atoms with van der Waals surface area (Å²) in [5.74, 6) is -3.65. The molecule has 0 rings (SSSR count). The van der Waals surface area contributed by atoms with E-state index >= 15 is 0 Å². The van der Waals surface area contributed by atoms with Crippen molar-refractivity contribution in [2.24, 2.45) is 0 Å². The number of carboxylic acids is 3. The number of aliphatic carboxylic acids is 3. The van der Waals surface area contributed by atoms with Crippen LogP contribution in [0.2, 0.25) is 0 Å². The van der Waals surface area contributed by atoms with Gasteiger partial charge in [-0.15, -0.1) is 0 Å². The maximum atomic E-state index is 12.2. The van der Waals surface area contributed by atoms with Gasteiger partial charge in [-0.05, 0) is 32.1 Å². The first-order valence-electron chi connectivity index (χ1n) is 16.9. The van der Waals surface area contributed by atoms with E-state index in [1.165, 1.54) is 89.9 Å². The number of carbonyl (C=O) groups excluding carboxylic acids is 1. The van der Waals surface area contributed by atoms with E-state index in [2.05, 4.69) is 19.1 Å². The molecule has 0 aliphatic rings. The average Bonchev–Trinajstić information content (AvgIpc) is 2.92. The van der Waals surface area contributed by atoms with E-state index in [0.717, 1.165) is 19.3 Å². The summed E-state index contributed by atoms with van der Waals surface area (Å²) in [4.78, 5) is 36.7. The van der Waals surface area contributed by atoms with Gasteiger partial charge in [0.1, 0.15) is 6.04 Å². The van der Waals surface area contributed by atoms with Crippen molar-refractivity contribution in [2.45, 2.75) is 181 Å². The highest BCUT2D eigenvalue weighted by Gasteiger charge is 2.53. The van der Waals surface area contributed by atoms with Crippen LogP contribution in [0.4, 0.5) is 0 Å². The van der Waals surface area contributed by atoms with Gasteiger partial charge in [-0.1, -0.05) is 123 Å². The van der Waals surface area contributed by atoms with Crippen LogP contribution >= 0.6 is 0 Å². The molecule has 3 unspecified atom stereocenters. The quantitative estimate of drug-likeness (QED) is 0.0532. The number of quaternary nitrogens is 1. The molecule has 0 saturated carbocycles. The molecule has 0 heterocycles. The first kappa shape index (κ1) is 39.1. The standard InChI is InChI=1S/C34H63NO6/c1-5-9-10-11-12-13-14-15-16-17-18-19-20-21-22-23-24-25-26-27-28-35(29(6-2)32(36)37,30(7-3)33(38)39)31(8-4)34(40)41/h10-11,29-31H,5-9,12-28H2,1-4H3,(H2-,36,37,38,39,40,41)/b11-10+. The Morgan fingerprint density at radius 2 is 0.902 bits per heavy atom. The summed E-state index contributed by atoms with van der Waals surface area (Å²) in [5, 5.41) is 32.2. The Balaban J connectivity index is 4.40. The fraction of sp³-hybridized carbons (Fsp3) is 0.853. The zero-order valence-electron chi connectivity index (χ0n) is 26.9. The van der Waals surface area contributed by atoms with E-state index < -0.39 is 40.5 Å². The summed E-state index contributed by atoms with van der Waals surface area (Å²) in [6, 6.07) is -3.37. The summed E-state index contributed by atoms with van der Waals surface area (Å²) in [6.45, 7) is 7.49. The Morgan fingerprint density at radius 3 is 1.22 bits per heavy atom. The number of allylic oxidation sites excluding steroid dienone is 2. The highest BCUT2D eigenvalue weighted by molar-refractivity contribution is 5.77. The monoisotopic (exact) mass is 581 g/mol. The molecule has 2 N–H and O–H groups in total. The molecule has 7 heteroatoms. The lowest BCUT2D eigenvalue weighted by atomic mass is 9.93. The van der Waals surface area contributed by atoms with E-state index in [1.807, 2.05) is 0 Å². The van der Waals surface area contributed by atoms with Crippen molar-refractivity contribution >= 4 is 17.9 Å². The van der Waals surface area contributed by atoms with Crippen molar-refractivity contribution in [3.63, 3.8) is 0 Å². The second-order valence-corrected chi connectivity index (χ2v) is 11.8. The minimum Gasteiger partial charge on any atom is -0.544 e. The summed E-state index contributed by atoms with van der Waals surface area (Å²) in [7, 11) is 0. The molecule has 0 aliphatic carbocycles. The number of unbranched alkanes of at least 4 members (excludes halogenated alkanes) is 16. The first-order chi connectivity index (χ1) is 19.7. The van der Waals surface area contributed by atoms with E-state index in [-0.39, 0.29) is 25.8 Å². The van der Waals surface area contributed by atoms with Crippen LogP contribution in [0.3, 0.4) is 0 Å². The third-order valence-electron chi connectivity index (χ3n) is 8.78. The summed E-state index contributed by atoms with van der Waals surface area (Å²) in [6.07, 6.45) is 26.7. The van der Waals surface area contributed by atoms with Gasteiger partial charge in [0.2, 0.25) is 0 Å². The van der Waals surface area contributed by atoms with Gasteiger partial charge in [0.05, 0.1) is 12.5 Å². The third kappa shape index (κ3) is 15.2. The fourth-order valence-electron chi connectivity index (χ4n) is 6.61. The molecule has 0 fully saturated rings. The SMILES string of the molecule is CCC/C=C/CCCCCCCCCCCCCCCCC[N+](C(CC)C(=O)[O-])(C(CC)C(=O)O)C(CC)C(=O)O. The van der Waals surface area contributed by atoms with Gasteiger partial charge in [0.25, 0.3) is 0 Å². The second-order valence-electron chi connectivity index (χ2n) is 11.8. The van der Waals surface area contributed by atoms with Gasteiger partial charge in [-0.25, -0.2) is 9.59 Å². The van der Waals surface area contributed by atoms with Crippen LogP contribution in [-0.4, -0.2) is 57.3 Å². The molecule has 0 saturated heterocycles. The van der Waals surface area contributed by atoms with Gasteiger partial charge in [-0.3, -0.25) is 4.48 Å². The number of hydrogen-bond donors (Lipinski definition) is 2. The lowest BCUT2D eigenvalue weighted by Crippen LogP contribution is -2.73. The fourth-order valence-corrected chi connectivity index (χ4v) is 6.61. The topological polar surface area (TPSA) is 115 Å². The van der Waals surface area contributed by atoms with Gasteiger partial charge in [-0.2, -0.15) is 0 Å². The van der Waals surface area contributed by atoms with Crippen molar-refractivity contribution in [3.05, 3.63) is 12.2 Å². The van der Waals surface area contributed by atoms with Crippen LogP contribution in [0.5, 0.6) is 0 Å². The Labute approximate surface area is 251 Å². The molecule has 0 aromatic rings. The molecule has 3 atom stereocenters. The number of nitrogens with zero attached hydrogens (tertiary/aromatic N) is 1. The lowest BCUT2D eigenvalue weighted by Gasteiger charge is -2.51. The predicted molar refractivity (Wildman–Crippen MR) is 166 cm³/mol. The third-order valence-corrected chi connectivity index (χ3v) is 8.78. The molecule has 0 spiro atoms. The summed E-state index contributed by atoms with van der Waals surface area (Å²) >= 11 is 0. The van der Waals surface area contributed by atoms with Crippen LogP contribution in [0.15, 0.2) is 12.2 Å². The number of hydrogen-bond acceptors (Lipinski definition) is 4. The predicted octanol–water partition coefficient (Wildman–Crippen LogP) is 7.66. The van der Waals surface area contributed by atoms with Crippen LogP contribution in [0.25, 0.3) is 0 Å². The zero-order chi connectivity index (χ0) is 30.9. The molecule has 0 radical (unpaired) electrons. The maximum Gasteiger partial charge on any atom is 0.362 e. The molecule has 240 valence electrons. The molecular formula is C34H63NO6. The highest BCUT2D eigenvalue weighted by atomic mass is 16.4. The molecular weight excluding hydrogens is 518 g/mol. The molecule has 0 aliphatic heterocycles. The van der Waals surface area contributed by atoms with Crippen molar-refractivity contribution < 1.29 is 34.2 Å². The Hall–Kier alpha value is -1.89. The van der Waals surface area contributed by atoms with Gasteiger partial charge >= 0.3 is 11.9 Å². The second kappa shape index (κ2) is 24.7. The van der Waals surface area contributed by atoms with Crippen LogP contribution in [0, 0.1) is 0 Å². The van der Waals surface area contributed by atoms with Crippen molar-refractivity contribution in [2.75, 3.05) is 6.54 Å². The molecule has 0 bridgehead atoms. The zero-order valence-corrected chi connectivity index (χ0v) is 26.9. The number of carboxylic acid groups (broad SMARTS) is 3. The normalized spacial score (nSPS) is 15.4. The number of rotatable bonds is 29. The maximum absolute atomic E-state index is 12.2. The summed E-state index contributed by atoms with van der Waals surface area (Å²) in [5.41, 5.74) is 0. The minimum atomic E-state index is -1.36. The molecule has 41 heavy (non-hydrogen) atoms. The number of carbonyl (C=O) groups is 3. The Morgan fingerprint density at radius 1 is 0.561 bits per heavy atom. The van der Waals surface area contributed by atoms with Crippen LogP contribution < -0.4 is 5.11 Å². The van der Waals surface area contributed by atoms with Crippen LogP contribution in [0.1, 0.15) is 163 Å². The highest BCUT2D eigenvalue weighted by Crippen LogP contribution is 2.32. The van der Waals surface area contributed by atoms with Crippen molar-refractivity contribution in [3.8, 4) is 0 Å². The van der Waals surface area contributed by atoms with E-state index in [0.29, 0.717) is 6.42 Å². The molecule has 7 nitrogen and oxygen atoms in total. The average molecular weight is 582 g/mol. The Kier molecular flexibility index (Phi) is 23.5. The molecule has 0 aromatic carbocycles. The van der Waals surface area contributed by atoms with Gasteiger partial charge in [0, 0.05) is 19.3 Å². The van der Waals surface area contributed by atoms with Crippen molar-refractivity contribution in [1.82, 2.24) is 0 Å². The smallest absolute Gasteiger partial charge is 0.362 e. The van der Waals surface area contributed by atoms with Gasteiger partial charge < -0.3 is 20.1 Å². The summed E-state index contributed by atoms with van der Waals surface area (Å²) < 4.78 is -0.465.